The van der Waals surface area contributed by atoms with Gasteiger partial charge in [0, 0.05) is 25.7 Å². The first-order chi connectivity index (χ1) is 48.1. The van der Waals surface area contributed by atoms with Crippen LogP contribution in [0.2, 0.25) is 0 Å². The quantitative estimate of drug-likeness (QED) is 0.0222. The highest BCUT2D eigenvalue weighted by molar-refractivity contribution is 7.47. The SMILES string of the molecule is CC(C)CCCCCCCCCCCCCCCCCCCCC(=O)O[C@H](COC(=O)CCCCCCCCCCCCCCCC(C)C)COP(=O)(O)OC[C@@H](O)COP(=O)(O)OC[C@@H](COC(=O)CCCCCCCCC(C)C)OC(=O)CCCCCCCCCCCCCC(C)C. The second kappa shape index (κ2) is 70.1. The van der Waals surface area contributed by atoms with Gasteiger partial charge in [-0.25, -0.2) is 9.13 Å². The van der Waals surface area contributed by atoms with Gasteiger partial charge in [-0.05, 0) is 49.4 Å². The summed E-state index contributed by atoms with van der Waals surface area (Å²) in [6, 6.07) is 0. The molecule has 100 heavy (non-hydrogen) atoms. The number of hydrogen-bond donors (Lipinski definition) is 3. The van der Waals surface area contributed by atoms with Gasteiger partial charge in [0.2, 0.25) is 0 Å². The molecule has 0 aromatic heterocycles. The molecule has 0 bridgehead atoms. The molecule has 0 aliphatic heterocycles. The Labute approximate surface area is 613 Å². The summed E-state index contributed by atoms with van der Waals surface area (Å²) in [5.74, 6) is 0.940. The Morgan fingerprint density at radius 2 is 0.420 bits per heavy atom. The summed E-state index contributed by atoms with van der Waals surface area (Å²) in [6.07, 6.45) is 57.1. The van der Waals surface area contributed by atoms with Crippen molar-refractivity contribution in [2.75, 3.05) is 39.6 Å². The van der Waals surface area contributed by atoms with Gasteiger partial charge in [-0.1, -0.05) is 364 Å². The number of phosphoric acid groups is 2. The zero-order valence-electron chi connectivity index (χ0n) is 65.8. The van der Waals surface area contributed by atoms with Gasteiger partial charge in [-0.3, -0.25) is 37.3 Å². The zero-order chi connectivity index (χ0) is 73.8. The highest BCUT2D eigenvalue weighted by Gasteiger charge is 2.30. The molecule has 0 spiro atoms. The minimum atomic E-state index is -4.96. The molecule has 17 nitrogen and oxygen atoms in total. The maximum absolute atomic E-state index is 13.1. The topological polar surface area (TPSA) is 237 Å². The highest BCUT2D eigenvalue weighted by atomic mass is 31.2. The molecule has 0 saturated heterocycles. The Hall–Kier alpha value is -1.94. The van der Waals surface area contributed by atoms with Crippen LogP contribution in [0.3, 0.4) is 0 Å². The molecule has 2 unspecified atom stereocenters. The molecular formula is C81H158O17P2. The smallest absolute Gasteiger partial charge is 0.462 e. The monoisotopic (exact) mass is 1470 g/mol. The molecule has 594 valence electrons. The van der Waals surface area contributed by atoms with Crippen molar-refractivity contribution in [3.63, 3.8) is 0 Å². The van der Waals surface area contributed by atoms with Gasteiger partial charge >= 0.3 is 39.5 Å². The molecule has 0 radical (unpaired) electrons. The molecule has 0 saturated carbocycles. The second-order valence-corrected chi connectivity index (χ2v) is 34.0. The van der Waals surface area contributed by atoms with Crippen molar-refractivity contribution in [3.05, 3.63) is 0 Å². The third kappa shape index (κ3) is 74.3. The van der Waals surface area contributed by atoms with E-state index in [1.807, 2.05) is 0 Å². The summed E-state index contributed by atoms with van der Waals surface area (Å²) in [7, 11) is -9.92. The number of aliphatic hydroxyl groups is 1. The minimum absolute atomic E-state index is 0.105. The van der Waals surface area contributed by atoms with Crippen molar-refractivity contribution >= 4 is 39.5 Å². The molecule has 0 amide bonds. The summed E-state index contributed by atoms with van der Waals surface area (Å²) in [5.41, 5.74) is 0. The molecule has 0 fully saturated rings. The third-order valence-corrected chi connectivity index (χ3v) is 20.7. The number of esters is 4. The van der Waals surface area contributed by atoms with Crippen LogP contribution in [0.5, 0.6) is 0 Å². The van der Waals surface area contributed by atoms with Crippen LogP contribution in [0.15, 0.2) is 0 Å². The normalized spacial score (nSPS) is 14.0. The lowest BCUT2D eigenvalue weighted by atomic mass is 10.0. The average Bonchev–Trinajstić information content (AvgIpc) is 0.928. The second-order valence-electron chi connectivity index (χ2n) is 31.1. The van der Waals surface area contributed by atoms with E-state index in [1.54, 1.807) is 0 Å². The van der Waals surface area contributed by atoms with E-state index in [0.717, 1.165) is 114 Å². The Balaban J connectivity index is 5.22. The molecule has 0 heterocycles. The lowest BCUT2D eigenvalue weighted by Gasteiger charge is -2.21. The van der Waals surface area contributed by atoms with Crippen LogP contribution in [0.1, 0.15) is 415 Å². The lowest BCUT2D eigenvalue weighted by molar-refractivity contribution is -0.161. The van der Waals surface area contributed by atoms with E-state index in [2.05, 4.69) is 55.4 Å². The average molecular weight is 1470 g/mol. The highest BCUT2D eigenvalue weighted by Crippen LogP contribution is 2.45. The van der Waals surface area contributed by atoms with Crippen LogP contribution in [0, 0.1) is 23.7 Å². The van der Waals surface area contributed by atoms with Gasteiger partial charge in [0.15, 0.2) is 12.2 Å². The van der Waals surface area contributed by atoms with Gasteiger partial charge in [-0.2, -0.15) is 0 Å². The van der Waals surface area contributed by atoms with Crippen molar-refractivity contribution < 1.29 is 80.2 Å². The van der Waals surface area contributed by atoms with Gasteiger partial charge in [0.25, 0.3) is 0 Å². The first-order valence-electron chi connectivity index (χ1n) is 41.7. The molecule has 0 aromatic carbocycles. The Bertz CT molecular complexity index is 1950. The molecular weight excluding hydrogens is 1310 g/mol. The van der Waals surface area contributed by atoms with E-state index in [1.165, 1.54) is 212 Å². The van der Waals surface area contributed by atoms with Crippen LogP contribution in [0.25, 0.3) is 0 Å². The maximum atomic E-state index is 13.1. The van der Waals surface area contributed by atoms with Crippen molar-refractivity contribution in [1.29, 1.82) is 0 Å². The number of carbonyl (C=O) groups is 4. The van der Waals surface area contributed by atoms with E-state index in [4.69, 9.17) is 37.0 Å². The van der Waals surface area contributed by atoms with Gasteiger partial charge in [0.05, 0.1) is 26.4 Å². The predicted molar refractivity (Wildman–Crippen MR) is 409 cm³/mol. The van der Waals surface area contributed by atoms with E-state index in [-0.39, 0.29) is 25.7 Å². The molecule has 0 aromatic rings. The van der Waals surface area contributed by atoms with E-state index in [9.17, 15) is 43.2 Å². The van der Waals surface area contributed by atoms with Crippen molar-refractivity contribution in [2.24, 2.45) is 23.7 Å². The number of unbranched alkanes of at least 4 members (excludes halogenated alkanes) is 44. The van der Waals surface area contributed by atoms with Crippen molar-refractivity contribution in [3.8, 4) is 0 Å². The fourth-order valence-electron chi connectivity index (χ4n) is 12.4. The molecule has 19 heteroatoms. The molecule has 0 aliphatic carbocycles. The fraction of sp³-hybridized carbons (Fsp3) is 0.951. The summed E-state index contributed by atoms with van der Waals surface area (Å²) in [4.78, 5) is 73.0. The van der Waals surface area contributed by atoms with E-state index >= 15 is 0 Å². The van der Waals surface area contributed by atoms with Crippen molar-refractivity contribution in [2.45, 2.75) is 433 Å². The fourth-order valence-corrected chi connectivity index (χ4v) is 14.0. The molecule has 0 aliphatic rings. The summed E-state index contributed by atoms with van der Waals surface area (Å²) < 4.78 is 68.7. The Morgan fingerprint density at radius 1 is 0.250 bits per heavy atom. The molecule has 5 atom stereocenters. The third-order valence-electron chi connectivity index (χ3n) is 18.8. The number of carbonyl (C=O) groups excluding carboxylic acids is 4. The van der Waals surface area contributed by atoms with Gasteiger partial charge in [0.1, 0.15) is 19.3 Å². The largest absolute Gasteiger partial charge is 0.472 e. The van der Waals surface area contributed by atoms with Gasteiger partial charge in [-0.15, -0.1) is 0 Å². The number of ether oxygens (including phenoxy) is 4. The summed E-state index contributed by atoms with van der Waals surface area (Å²) in [5, 5.41) is 10.6. The van der Waals surface area contributed by atoms with E-state index in [0.29, 0.717) is 31.6 Å². The summed E-state index contributed by atoms with van der Waals surface area (Å²) in [6.45, 7) is 14.2. The first kappa shape index (κ1) is 98.1. The summed E-state index contributed by atoms with van der Waals surface area (Å²) >= 11 is 0. The molecule has 0 rings (SSSR count). The number of aliphatic hydroxyl groups excluding tert-OH is 1. The van der Waals surface area contributed by atoms with E-state index < -0.39 is 97.5 Å². The standard InChI is InChI=1S/C81H158O17P2/c1-71(2)57-49-41-33-27-21-16-13-11-9-10-12-14-18-25-31-37-47-55-63-80(85)97-76(67-91-78(83)61-53-45-36-30-24-19-15-17-22-28-34-42-50-58-72(3)4)69-95-99(87,88)93-65-75(82)66-94-100(89,90)96-70-77(68-92-79(84)62-54-46-40-39-44-52-60-74(7)8)98-81(86)64-56-48-38-32-26-20-23-29-35-43-51-59-73(5)6/h71-77,82H,9-70H2,1-8H3,(H,87,88)(H,89,90)/t75-,76-,77-/m1/s1. The Morgan fingerprint density at radius 3 is 0.620 bits per heavy atom. The van der Waals surface area contributed by atoms with Crippen LogP contribution in [-0.2, 0) is 65.4 Å². The maximum Gasteiger partial charge on any atom is 0.472 e. The zero-order valence-corrected chi connectivity index (χ0v) is 67.6. The van der Waals surface area contributed by atoms with Crippen LogP contribution >= 0.6 is 15.6 Å². The van der Waals surface area contributed by atoms with Gasteiger partial charge < -0.3 is 33.8 Å². The molecule has 3 N–H and O–H groups in total. The van der Waals surface area contributed by atoms with Crippen LogP contribution in [0.4, 0.5) is 0 Å². The van der Waals surface area contributed by atoms with Crippen molar-refractivity contribution in [1.82, 2.24) is 0 Å². The Kier molecular flexibility index (Phi) is 68.7. The minimum Gasteiger partial charge on any atom is -0.462 e. The van der Waals surface area contributed by atoms with Crippen LogP contribution < -0.4 is 0 Å². The van der Waals surface area contributed by atoms with Crippen LogP contribution in [-0.4, -0.2) is 96.7 Å². The lowest BCUT2D eigenvalue weighted by Crippen LogP contribution is -2.30. The number of rotatable bonds is 78. The predicted octanol–water partition coefficient (Wildman–Crippen LogP) is 24.0. The number of phosphoric ester groups is 2. The number of hydrogen-bond acceptors (Lipinski definition) is 15. The first-order valence-corrected chi connectivity index (χ1v) is 44.7.